The summed E-state index contributed by atoms with van der Waals surface area (Å²) < 4.78 is 11.7. The molecule has 0 spiro atoms. The van der Waals surface area contributed by atoms with E-state index in [0.29, 0.717) is 11.5 Å². The van der Waals surface area contributed by atoms with Gasteiger partial charge in [-0.2, -0.15) is 0 Å². The largest absolute Gasteiger partial charge is 0.325 e. The molecule has 0 saturated carbocycles. The third kappa shape index (κ3) is 10.0. The van der Waals surface area contributed by atoms with Crippen LogP contribution in [0, 0.1) is 0 Å². The van der Waals surface area contributed by atoms with Gasteiger partial charge in [0.1, 0.15) is 6.54 Å². The number of nitrogens with one attached hydrogen (secondary N) is 1. The topological polar surface area (TPSA) is 61.8 Å². The molecule has 2 aromatic rings. The maximum Gasteiger partial charge on any atom is 0.244 e. The molecule has 1 amide bonds. The first-order valence-electron chi connectivity index (χ1n) is 11.5. The first-order chi connectivity index (χ1) is 15.7. The van der Waals surface area contributed by atoms with Crippen LogP contribution in [0.2, 0.25) is 0 Å². The minimum atomic E-state index is -0.767. The molecular weight excluding hydrogens is 462 g/mol. The van der Waals surface area contributed by atoms with Crippen molar-refractivity contribution < 1.29 is 9.00 Å². The van der Waals surface area contributed by atoms with E-state index >= 15 is 0 Å². The van der Waals surface area contributed by atoms with E-state index in [0.717, 1.165) is 16.5 Å². The fraction of sp³-hybridized carbons (Fsp3) is 0.481. The number of fused-ring (bicyclic) bond motifs is 1. The second kappa shape index (κ2) is 19.2. The maximum absolute atomic E-state index is 12.6. The van der Waals surface area contributed by atoms with Gasteiger partial charge in [0.05, 0.1) is 6.04 Å². The number of carbonyl (C=O) groups is 1. The molecule has 2 aliphatic rings. The average molecular weight is 508 g/mol. The van der Waals surface area contributed by atoms with E-state index in [4.69, 9.17) is 4.99 Å². The number of hydrogen-bond acceptors (Lipinski definition) is 5. The molecule has 0 radical (unpaired) electrons. The average Bonchev–Trinajstić information content (AvgIpc) is 3.40. The van der Waals surface area contributed by atoms with E-state index in [2.05, 4.69) is 5.32 Å². The minimum absolute atomic E-state index is 0. The summed E-state index contributed by atoms with van der Waals surface area (Å²) in [6.45, 7) is 12.2. The van der Waals surface area contributed by atoms with E-state index in [1.165, 1.54) is 0 Å². The Morgan fingerprint density at radius 1 is 0.941 bits per heavy atom. The number of amides is 1. The van der Waals surface area contributed by atoms with Crippen LogP contribution in [0.15, 0.2) is 65.7 Å². The lowest BCUT2D eigenvalue weighted by Crippen LogP contribution is -2.36. The van der Waals surface area contributed by atoms with Crippen molar-refractivity contribution in [2.45, 2.75) is 67.7 Å². The zero-order valence-electron chi connectivity index (χ0n) is 20.1. The summed E-state index contributed by atoms with van der Waals surface area (Å²) in [6, 6.07) is 19.3. The van der Waals surface area contributed by atoms with Crippen LogP contribution < -0.4 is 10.2 Å². The smallest absolute Gasteiger partial charge is 0.244 e. The van der Waals surface area contributed by atoms with Gasteiger partial charge >= 0.3 is 0 Å². The Bertz CT molecular complexity index is 845. The van der Waals surface area contributed by atoms with Crippen molar-refractivity contribution in [1.82, 2.24) is 0 Å². The zero-order chi connectivity index (χ0) is 23.9. The molecule has 0 bridgehead atoms. The second-order valence-electron chi connectivity index (χ2n) is 6.24. The van der Waals surface area contributed by atoms with Gasteiger partial charge in [0.25, 0.3) is 0 Å². The number of hydrogen-bond donors (Lipinski definition) is 1. The number of anilines is 2. The molecule has 1 fully saturated rings. The number of thioether (sulfide) groups is 1. The van der Waals surface area contributed by atoms with Crippen LogP contribution >= 0.6 is 11.8 Å². The van der Waals surface area contributed by atoms with Crippen LogP contribution in [-0.4, -0.2) is 44.6 Å². The second-order valence-corrected chi connectivity index (χ2v) is 9.00. The van der Waals surface area contributed by atoms with Crippen molar-refractivity contribution in [2.75, 3.05) is 28.3 Å². The van der Waals surface area contributed by atoms with E-state index in [1.54, 1.807) is 11.8 Å². The molecule has 4 rings (SSSR count). The summed E-state index contributed by atoms with van der Waals surface area (Å²) in [5.41, 5.74) is 1.71. The predicted octanol–water partition coefficient (Wildman–Crippen LogP) is 7.08. The maximum atomic E-state index is 12.6. The van der Waals surface area contributed by atoms with E-state index in [9.17, 15) is 9.00 Å². The van der Waals surface area contributed by atoms with Crippen molar-refractivity contribution in [2.24, 2.45) is 4.99 Å². The van der Waals surface area contributed by atoms with Gasteiger partial charge in [-0.25, -0.2) is 0 Å². The highest BCUT2D eigenvalue weighted by Gasteiger charge is 2.40. The van der Waals surface area contributed by atoms with Crippen LogP contribution in [0.25, 0.3) is 0 Å². The number of para-hydroxylation sites is 2. The highest BCUT2D eigenvalue weighted by molar-refractivity contribution is 8.15. The van der Waals surface area contributed by atoms with Gasteiger partial charge in [0.2, 0.25) is 5.91 Å². The van der Waals surface area contributed by atoms with Gasteiger partial charge in [-0.1, -0.05) is 105 Å². The van der Waals surface area contributed by atoms with E-state index < -0.39 is 10.8 Å². The van der Waals surface area contributed by atoms with Crippen molar-refractivity contribution in [1.29, 1.82) is 0 Å². The van der Waals surface area contributed by atoms with Gasteiger partial charge in [0, 0.05) is 38.9 Å². The summed E-state index contributed by atoms with van der Waals surface area (Å²) in [5.74, 6) is 1.21. The quantitative estimate of drug-likeness (QED) is 0.480. The molecule has 5 nitrogen and oxygen atoms in total. The Morgan fingerprint density at radius 3 is 2.00 bits per heavy atom. The Balaban J connectivity index is 0. The van der Waals surface area contributed by atoms with Crippen molar-refractivity contribution in [3.8, 4) is 0 Å². The third-order valence-corrected chi connectivity index (χ3v) is 7.30. The first kappa shape index (κ1) is 34.0. The van der Waals surface area contributed by atoms with Crippen LogP contribution in [0.5, 0.6) is 0 Å². The molecule has 34 heavy (non-hydrogen) atoms. The lowest BCUT2D eigenvalue weighted by molar-refractivity contribution is -0.114. The predicted molar refractivity (Wildman–Crippen MR) is 157 cm³/mol. The monoisotopic (exact) mass is 507 g/mol. The van der Waals surface area contributed by atoms with Crippen molar-refractivity contribution in [3.63, 3.8) is 0 Å². The Labute approximate surface area is 215 Å². The molecule has 3 unspecified atom stereocenters. The number of amidine groups is 1. The molecule has 0 aromatic heterocycles. The molecule has 2 heterocycles. The lowest BCUT2D eigenvalue weighted by atomic mass is 10.2. The zero-order valence-corrected chi connectivity index (χ0v) is 21.7. The minimum Gasteiger partial charge on any atom is -0.325 e. The summed E-state index contributed by atoms with van der Waals surface area (Å²) >= 11 is 1.64. The van der Waals surface area contributed by atoms with Crippen LogP contribution in [-0.2, 0) is 15.6 Å². The Kier molecular flexibility index (Phi) is 19.2. The molecule has 1 saturated heterocycles. The van der Waals surface area contributed by atoms with E-state index in [-0.39, 0.29) is 38.6 Å². The SMILES string of the molecule is C.C.CC.CC.CC.O=C(CN(C1=NC2CS(=O)CC2S1)c1ccccc1)Nc1ccccc1. The van der Waals surface area contributed by atoms with Crippen LogP contribution in [0.3, 0.4) is 0 Å². The molecule has 7 heteroatoms. The van der Waals surface area contributed by atoms with Gasteiger partial charge in [-0.15, -0.1) is 0 Å². The Morgan fingerprint density at radius 2 is 1.47 bits per heavy atom. The lowest BCUT2D eigenvalue weighted by Gasteiger charge is -2.24. The number of aliphatic imine (C=N–C) groups is 1. The number of benzene rings is 2. The highest BCUT2D eigenvalue weighted by Crippen LogP contribution is 2.35. The standard InChI is InChI=1S/C19H19N3O2S2.3C2H6.2CH4/c23-18(20-14-7-3-1-4-8-14)11-22(15-9-5-2-6-10-15)19-21-16-12-26(24)13-17(16)25-19;3*1-2;;/h1-10,16-17H,11-13H2,(H,20,23);3*1-2H3;2*1H4. The number of rotatable bonds is 4. The fourth-order valence-corrected chi connectivity index (χ4v) is 6.42. The molecule has 2 aliphatic heterocycles. The fourth-order valence-electron chi connectivity index (χ4n) is 3.08. The molecule has 1 N–H and O–H groups in total. The summed E-state index contributed by atoms with van der Waals surface area (Å²) in [7, 11) is -0.767. The van der Waals surface area contributed by atoms with Gasteiger partial charge in [0.15, 0.2) is 5.17 Å². The van der Waals surface area contributed by atoms with E-state index in [1.807, 2.05) is 107 Å². The molecule has 3 atom stereocenters. The molecule has 2 aromatic carbocycles. The van der Waals surface area contributed by atoms with Gasteiger partial charge in [-0.05, 0) is 24.3 Å². The normalized spacial score (nSPS) is 18.9. The van der Waals surface area contributed by atoms with Gasteiger partial charge in [-0.3, -0.25) is 14.0 Å². The van der Waals surface area contributed by atoms with Crippen molar-refractivity contribution in [3.05, 3.63) is 60.7 Å². The molecule has 192 valence electrons. The first-order valence-corrected chi connectivity index (χ1v) is 13.8. The highest BCUT2D eigenvalue weighted by atomic mass is 32.2. The summed E-state index contributed by atoms with van der Waals surface area (Å²) in [5, 5.41) is 4.03. The van der Waals surface area contributed by atoms with Crippen LogP contribution in [0.4, 0.5) is 11.4 Å². The number of carbonyl (C=O) groups excluding carboxylic acids is 1. The Hall–Kier alpha value is -2.12. The molecule has 0 aliphatic carbocycles. The third-order valence-electron chi connectivity index (χ3n) is 4.33. The summed E-state index contributed by atoms with van der Waals surface area (Å²) in [6.07, 6.45) is 0. The summed E-state index contributed by atoms with van der Waals surface area (Å²) in [4.78, 5) is 19.3. The number of nitrogens with zero attached hydrogens (tertiary/aromatic N) is 2. The van der Waals surface area contributed by atoms with Crippen LogP contribution in [0.1, 0.15) is 56.4 Å². The molecular formula is C27H45N3O2S2. The van der Waals surface area contributed by atoms with Gasteiger partial charge < -0.3 is 10.2 Å². The van der Waals surface area contributed by atoms with Crippen molar-refractivity contribution >= 4 is 45.0 Å².